The smallest absolute Gasteiger partial charge is 0.222 e. The molecule has 0 aliphatic carbocycles. The highest BCUT2D eigenvalue weighted by Crippen LogP contribution is 2.19. The lowest BCUT2D eigenvalue weighted by Gasteiger charge is -2.12. The highest BCUT2D eigenvalue weighted by atomic mass is 127. The van der Waals surface area contributed by atoms with Crippen LogP contribution >= 0.6 is 22.6 Å². The topological polar surface area (TPSA) is 63.8 Å². The third kappa shape index (κ3) is 2.68. The van der Waals surface area contributed by atoms with Crippen LogP contribution in [0.2, 0.25) is 0 Å². The monoisotopic (exact) mass is 292 g/mol. The summed E-state index contributed by atoms with van der Waals surface area (Å²) in [5.74, 6) is 1.14. The molecule has 0 fully saturated rings. The molecule has 0 aliphatic heterocycles. The number of nitrogen functional groups attached to an aromatic ring is 1. The Morgan fingerprint density at radius 1 is 1.38 bits per heavy atom. The molecule has 0 bridgehead atoms. The molecular weight excluding hydrogens is 279 g/mol. The van der Waals surface area contributed by atoms with E-state index >= 15 is 0 Å². The molecule has 1 aromatic rings. The maximum absolute atomic E-state index is 5.54. The number of rotatable bonds is 2. The van der Waals surface area contributed by atoms with Gasteiger partial charge in [0.2, 0.25) is 5.95 Å². The van der Waals surface area contributed by atoms with Gasteiger partial charge in [-0.2, -0.15) is 4.98 Å². The zero-order chi connectivity index (χ0) is 10.0. The summed E-state index contributed by atoms with van der Waals surface area (Å²) in [4.78, 5) is 8.18. The lowest BCUT2D eigenvalue weighted by molar-refractivity contribution is 0.882. The van der Waals surface area contributed by atoms with Gasteiger partial charge in [-0.1, -0.05) is 0 Å². The first-order valence-corrected chi connectivity index (χ1v) is 5.14. The number of halogens is 1. The van der Waals surface area contributed by atoms with Crippen LogP contribution in [0.15, 0.2) is 0 Å². The number of hydrogen-bond acceptors (Lipinski definition) is 4. The second-order valence-corrected chi connectivity index (χ2v) is 4.21. The van der Waals surface area contributed by atoms with Crippen molar-refractivity contribution >= 4 is 34.4 Å². The van der Waals surface area contributed by atoms with E-state index in [1.165, 1.54) is 0 Å². The van der Waals surface area contributed by atoms with Crippen molar-refractivity contribution in [3.63, 3.8) is 0 Å². The predicted octanol–water partition coefficient (Wildman–Crippen LogP) is 1.79. The Morgan fingerprint density at radius 2 is 2.00 bits per heavy atom. The number of aromatic nitrogens is 2. The summed E-state index contributed by atoms with van der Waals surface area (Å²) in [5.41, 5.74) is 6.45. The Bertz CT molecular complexity index is 311. The van der Waals surface area contributed by atoms with E-state index in [9.17, 15) is 0 Å². The molecule has 0 aliphatic rings. The minimum Gasteiger partial charge on any atom is -0.368 e. The maximum atomic E-state index is 5.54. The van der Waals surface area contributed by atoms with Crippen LogP contribution in [0.3, 0.4) is 0 Å². The summed E-state index contributed by atoms with van der Waals surface area (Å²) in [6, 6.07) is 0.349. The number of aryl methyl sites for hydroxylation is 1. The average Bonchev–Trinajstić information content (AvgIpc) is 1.98. The fourth-order valence-electron chi connectivity index (χ4n) is 0.950. The van der Waals surface area contributed by atoms with Crippen LogP contribution in [0, 0.1) is 10.5 Å². The van der Waals surface area contributed by atoms with Gasteiger partial charge in [-0.25, -0.2) is 4.98 Å². The van der Waals surface area contributed by atoms with Gasteiger partial charge in [-0.15, -0.1) is 0 Å². The molecule has 0 atom stereocenters. The second-order valence-electron chi connectivity index (χ2n) is 3.13. The first kappa shape index (κ1) is 10.5. The molecule has 0 unspecified atom stereocenters. The Labute approximate surface area is 91.5 Å². The van der Waals surface area contributed by atoms with Gasteiger partial charge in [0.1, 0.15) is 5.82 Å². The minimum atomic E-state index is 0.320. The lowest BCUT2D eigenvalue weighted by atomic mass is 10.3. The average molecular weight is 292 g/mol. The van der Waals surface area contributed by atoms with Gasteiger partial charge in [-0.3, -0.25) is 0 Å². The van der Waals surface area contributed by atoms with Gasteiger partial charge in [0.15, 0.2) is 0 Å². The molecule has 13 heavy (non-hydrogen) atoms. The number of anilines is 2. The number of nitrogens with zero attached hydrogens (tertiary/aromatic N) is 2. The van der Waals surface area contributed by atoms with Crippen LogP contribution in [0.25, 0.3) is 0 Å². The van der Waals surface area contributed by atoms with Crippen molar-refractivity contribution in [3.05, 3.63) is 9.26 Å². The minimum absolute atomic E-state index is 0.320. The molecule has 0 saturated carbocycles. The van der Waals surface area contributed by atoms with Crippen LogP contribution < -0.4 is 11.1 Å². The van der Waals surface area contributed by atoms with Gasteiger partial charge in [0.05, 0.1) is 9.26 Å². The molecule has 0 saturated heterocycles. The van der Waals surface area contributed by atoms with Crippen molar-refractivity contribution in [3.8, 4) is 0 Å². The van der Waals surface area contributed by atoms with Gasteiger partial charge >= 0.3 is 0 Å². The fourth-order valence-corrected chi connectivity index (χ4v) is 1.35. The SMILES string of the molecule is Cc1nc(N)nc(NC(C)C)c1I. The van der Waals surface area contributed by atoms with Crippen LogP contribution in [0.4, 0.5) is 11.8 Å². The molecule has 72 valence electrons. The van der Waals surface area contributed by atoms with E-state index in [0.717, 1.165) is 15.1 Å². The van der Waals surface area contributed by atoms with Crippen molar-refractivity contribution < 1.29 is 0 Å². The van der Waals surface area contributed by atoms with Crippen molar-refractivity contribution in [1.29, 1.82) is 0 Å². The predicted molar refractivity (Wildman–Crippen MR) is 62.7 cm³/mol. The van der Waals surface area contributed by atoms with E-state index < -0.39 is 0 Å². The normalized spacial score (nSPS) is 10.5. The van der Waals surface area contributed by atoms with Gasteiger partial charge < -0.3 is 11.1 Å². The molecule has 0 spiro atoms. The molecular formula is C8H13IN4. The largest absolute Gasteiger partial charge is 0.368 e. The Morgan fingerprint density at radius 3 is 2.54 bits per heavy atom. The number of nitrogens with two attached hydrogens (primary N) is 1. The highest BCUT2D eigenvalue weighted by molar-refractivity contribution is 14.1. The zero-order valence-electron chi connectivity index (χ0n) is 7.93. The molecule has 1 aromatic heterocycles. The Hall–Kier alpha value is -0.590. The van der Waals surface area contributed by atoms with E-state index in [1.807, 2.05) is 6.92 Å². The van der Waals surface area contributed by atoms with E-state index in [0.29, 0.717) is 12.0 Å². The molecule has 4 nitrogen and oxygen atoms in total. The third-order valence-electron chi connectivity index (χ3n) is 1.46. The molecule has 3 N–H and O–H groups in total. The molecule has 0 radical (unpaired) electrons. The Kier molecular flexibility index (Phi) is 3.29. The number of nitrogens with one attached hydrogen (secondary N) is 1. The summed E-state index contributed by atoms with van der Waals surface area (Å²) in [5, 5.41) is 3.22. The van der Waals surface area contributed by atoms with Crippen molar-refractivity contribution in [2.45, 2.75) is 26.8 Å². The van der Waals surface area contributed by atoms with Crippen LogP contribution in [-0.2, 0) is 0 Å². The third-order valence-corrected chi connectivity index (χ3v) is 2.75. The lowest BCUT2D eigenvalue weighted by Crippen LogP contribution is -2.14. The quantitative estimate of drug-likeness (QED) is 0.816. The summed E-state index contributed by atoms with van der Waals surface area (Å²) >= 11 is 2.21. The standard InChI is InChI=1S/C8H13IN4/c1-4(2)11-7-6(9)5(3)12-8(10)13-7/h4H,1-3H3,(H3,10,11,12,13). The van der Waals surface area contributed by atoms with Gasteiger partial charge in [-0.05, 0) is 43.4 Å². The van der Waals surface area contributed by atoms with Gasteiger partial charge in [0, 0.05) is 6.04 Å². The molecule has 0 amide bonds. The van der Waals surface area contributed by atoms with Crippen LogP contribution in [-0.4, -0.2) is 16.0 Å². The summed E-state index contributed by atoms with van der Waals surface area (Å²) < 4.78 is 1.03. The van der Waals surface area contributed by atoms with E-state index in [-0.39, 0.29) is 0 Å². The molecule has 0 aromatic carbocycles. The van der Waals surface area contributed by atoms with E-state index in [1.54, 1.807) is 0 Å². The molecule has 1 heterocycles. The van der Waals surface area contributed by atoms with Crippen molar-refractivity contribution in [2.24, 2.45) is 0 Å². The second kappa shape index (κ2) is 4.08. The van der Waals surface area contributed by atoms with Crippen LogP contribution in [0.5, 0.6) is 0 Å². The van der Waals surface area contributed by atoms with E-state index in [4.69, 9.17) is 5.73 Å². The first-order chi connectivity index (χ1) is 6.00. The summed E-state index contributed by atoms with van der Waals surface area (Å²) in [6.07, 6.45) is 0. The van der Waals surface area contributed by atoms with E-state index in [2.05, 4.69) is 51.7 Å². The fraction of sp³-hybridized carbons (Fsp3) is 0.500. The summed E-state index contributed by atoms with van der Waals surface area (Å²) in [6.45, 7) is 6.04. The summed E-state index contributed by atoms with van der Waals surface area (Å²) in [7, 11) is 0. The van der Waals surface area contributed by atoms with Crippen molar-refractivity contribution in [1.82, 2.24) is 9.97 Å². The maximum Gasteiger partial charge on any atom is 0.222 e. The van der Waals surface area contributed by atoms with Gasteiger partial charge in [0.25, 0.3) is 0 Å². The molecule has 1 rings (SSSR count). The highest BCUT2D eigenvalue weighted by Gasteiger charge is 2.07. The molecule has 5 heteroatoms. The first-order valence-electron chi connectivity index (χ1n) is 4.07. The van der Waals surface area contributed by atoms with Crippen molar-refractivity contribution in [2.75, 3.05) is 11.1 Å². The van der Waals surface area contributed by atoms with Crippen LogP contribution in [0.1, 0.15) is 19.5 Å². The number of hydrogen-bond donors (Lipinski definition) is 2. The zero-order valence-corrected chi connectivity index (χ0v) is 10.1. The Balaban J connectivity index is 3.05.